The molecule has 22 heteroatoms. The molecule has 3 atom stereocenters. The number of nitrogens with one attached hydrogen (secondary N) is 3. The van der Waals surface area contributed by atoms with Crippen LogP contribution in [0.15, 0.2) is 45.6 Å². The van der Waals surface area contributed by atoms with Gasteiger partial charge in [0.1, 0.15) is 46.0 Å². The Kier molecular flexibility index (Phi) is 16.3. The van der Waals surface area contributed by atoms with E-state index in [-0.39, 0.29) is 64.3 Å². The first-order valence-corrected chi connectivity index (χ1v) is 23.8. The van der Waals surface area contributed by atoms with Crippen molar-refractivity contribution in [3.63, 3.8) is 0 Å². The average Bonchev–Trinajstić information content (AvgIpc) is 3.65. The Bertz CT molecular complexity index is 3130. The summed E-state index contributed by atoms with van der Waals surface area (Å²) in [5, 5.41) is 8.04. The predicted octanol–water partition coefficient (Wildman–Crippen LogP) is 8.13. The lowest BCUT2D eigenvalue weighted by Crippen LogP contribution is -2.43. The Balaban J connectivity index is 1.57. The fourth-order valence-electron chi connectivity index (χ4n) is 8.00. The van der Waals surface area contributed by atoms with Crippen LogP contribution >= 0.6 is 0 Å². The van der Waals surface area contributed by atoms with Gasteiger partial charge in [-0.2, -0.15) is 0 Å². The summed E-state index contributed by atoms with van der Waals surface area (Å²) >= 11 is 0. The Morgan fingerprint density at radius 3 is 1.53 bits per heavy atom. The van der Waals surface area contributed by atoms with Crippen LogP contribution in [0, 0.1) is 0 Å². The Hall–Kier alpha value is -8.17. The van der Waals surface area contributed by atoms with Crippen LogP contribution in [0.4, 0.5) is 14.4 Å². The van der Waals surface area contributed by atoms with Crippen molar-refractivity contribution in [3.8, 4) is 62.6 Å². The minimum Gasteiger partial charge on any atom is -0.493 e. The number of rotatable bonds is 14. The van der Waals surface area contributed by atoms with E-state index in [0.29, 0.717) is 38.7 Å². The molecule has 2 aromatic heterocycles. The molecule has 0 saturated heterocycles. The number of hydrogen-bond donors (Lipinski definition) is 3. The molecular weight excluding hydrogens is 981 g/mol. The van der Waals surface area contributed by atoms with Gasteiger partial charge in [0, 0.05) is 40.1 Å². The number of fused-ring (bicyclic) bond motifs is 7. The first kappa shape index (κ1) is 56.1. The van der Waals surface area contributed by atoms with Crippen molar-refractivity contribution >= 4 is 58.1 Å². The second kappa shape index (κ2) is 21.7. The summed E-state index contributed by atoms with van der Waals surface area (Å²) in [6.07, 6.45) is -2.37. The number of ether oxygens (including phenoxy) is 10. The number of carbonyl (C=O) groups is 6. The number of amides is 3. The van der Waals surface area contributed by atoms with Gasteiger partial charge in [-0.1, -0.05) is 6.07 Å². The summed E-state index contributed by atoms with van der Waals surface area (Å²) in [5.41, 5.74) is -1.16. The third-order valence-corrected chi connectivity index (χ3v) is 11.1. The standard InChI is InChI=1S/C53H64N4O18/c1-25(54-48(62)73-51(4,5)6)44(58)69-32-18-17-28(21-34(32)65-13)38-39-31-23-35(66-14)36(71-45(59)26(2)55-49(63)74-52(7,8)9)24-33(31)70-47(61)41(39)57-20-19-29-30(40(38)57)22-37(67-15)43(68-16)42(29)72-46(60)27(3)56-50(64)75-53(10,11)12/h17-18,21-27H,19-20H2,1-16H3,(H,54,62)(H,55,63)(H,56,64)/t25-,26-,27-/m0/s1. The van der Waals surface area contributed by atoms with Crippen molar-refractivity contribution in [2.45, 2.75) is 131 Å². The maximum atomic E-state index is 14.6. The third-order valence-electron chi connectivity index (χ3n) is 11.1. The van der Waals surface area contributed by atoms with E-state index in [2.05, 4.69) is 16.0 Å². The lowest BCUT2D eigenvalue weighted by Gasteiger charge is -2.26. The molecule has 0 radical (unpaired) electrons. The quantitative estimate of drug-likeness (QED) is 0.0410. The molecule has 6 rings (SSSR count). The Morgan fingerprint density at radius 2 is 1.05 bits per heavy atom. The number of alkyl carbamates (subject to hydrolysis) is 3. The summed E-state index contributed by atoms with van der Waals surface area (Å²) in [7, 11) is 5.47. The summed E-state index contributed by atoms with van der Waals surface area (Å²) in [4.78, 5) is 93.0. The molecule has 0 spiro atoms. The van der Waals surface area contributed by atoms with Gasteiger partial charge in [0.25, 0.3) is 0 Å². The summed E-state index contributed by atoms with van der Waals surface area (Å²) < 4.78 is 64.5. The molecule has 0 aliphatic carbocycles. The van der Waals surface area contributed by atoms with Gasteiger partial charge in [-0.05, 0) is 119 Å². The highest BCUT2D eigenvalue weighted by atomic mass is 16.6. The van der Waals surface area contributed by atoms with Gasteiger partial charge in [0.15, 0.2) is 34.5 Å². The minimum atomic E-state index is -1.20. The van der Waals surface area contributed by atoms with E-state index >= 15 is 0 Å². The second-order valence-corrected chi connectivity index (χ2v) is 20.4. The molecule has 22 nitrogen and oxygen atoms in total. The van der Waals surface area contributed by atoms with Crippen molar-refractivity contribution in [1.82, 2.24) is 20.5 Å². The summed E-state index contributed by atoms with van der Waals surface area (Å²) in [5.74, 6) is -2.49. The number of carbonyl (C=O) groups excluding carboxylic acids is 6. The molecule has 3 heterocycles. The van der Waals surface area contributed by atoms with Gasteiger partial charge in [-0.3, -0.25) is 0 Å². The van der Waals surface area contributed by atoms with Crippen molar-refractivity contribution in [1.29, 1.82) is 0 Å². The van der Waals surface area contributed by atoms with Crippen LogP contribution in [-0.2, 0) is 41.6 Å². The average molecular weight is 1050 g/mol. The Morgan fingerprint density at radius 1 is 0.573 bits per heavy atom. The highest BCUT2D eigenvalue weighted by Crippen LogP contribution is 2.53. The predicted molar refractivity (Wildman–Crippen MR) is 272 cm³/mol. The zero-order chi connectivity index (χ0) is 55.6. The first-order valence-electron chi connectivity index (χ1n) is 23.8. The van der Waals surface area contributed by atoms with Gasteiger partial charge in [0.05, 0.1) is 34.1 Å². The van der Waals surface area contributed by atoms with E-state index in [9.17, 15) is 33.6 Å². The van der Waals surface area contributed by atoms with Gasteiger partial charge >= 0.3 is 41.8 Å². The summed E-state index contributed by atoms with van der Waals surface area (Å²) in [6, 6.07) is 5.65. The van der Waals surface area contributed by atoms with E-state index in [4.69, 9.17) is 51.8 Å². The smallest absolute Gasteiger partial charge is 0.408 e. The molecule has 0 fully saturated rings. The van der Waals surface area contributed by atoms with Gasteiger partial charge in [0.2, 0.25) is 5.75 Å². The first-order chi connectivity index (χ1) is 35.0. The fraction of sp³-hybridized carbons (Fsp3) is 0.453. The molecule has 404 valence electrons. The highest BCUT2D eigenvalue weighted by Gasteiger charge is 2.36. The van der Waals surface area contributed by atoms with Crippen LogP contribution in [-0.4, -0.2) is 104 Å². The molecule has 5 aromatic rings. The molecule has 3 N–H and O–H groups in total. The van der Waals surface area contributed by atoms with Crippen molar-refractivity contribution in [2.24, 2.45) is 0 Å². The SMILES string of the molecule is COc1cc(-c2c3n(c4c(=O)oc5cc(OC(=O)[C@H](C)NC(=O)OC(C)(C)C)c(OC)cc5c24)CCc2c-3cc(OC)c(OC)c2OC(=O)[C@H](C)NC(=O)OC(C)(C)C)ccc1OC(=O)[C@H](C)NC(=O)OC(C)(C)C. The number of hydrogen-bond acceptors (Lipinski definition) is 18. The van der Waals surface area contributed by atoms with Crippen molar-refractivity contribution in [2.75, 3.05) is 28.4 Å². The normalized spacial score (nSPS) is 13.4. The third kappa shape index (κ3) is 12.8. The number of benzene rings is 3. The van der Waals surface area contributed by atoms with Gasteiger partial charge in [-0.25, -0.2) is 33.6 Å². The van der Waals surface area contributed by atoms with Crippen molar-refractivity contribution in [3.05, 3.63) is 52.4 Å². The largest absolute Gasteiger partial charge is 0.493 e. The van der Waals surface area contributed by atoms with E-state index in [1.807, 2.05) is 0 Å². The highest BCUT2D eigenvalue weighted by molar-refractivity contribution is 6.17. The van der Waals surface area contributed by atoms with E-state index < -0.39 is 76.7 Å². The minimum absolute atomic E-state index is 0.0218. The van der Waals surface area contributed by atoms with Gasteiger partial charge < -0.3 is 72.3 Å². The zero-order valence-electron chi connectivity index (χ0n) is 44.9. The molecule has 0 saturated carbocycles. The monoisotopic (exact) mass is 1040 g/mol. The lowest BCUT2D eigenvalue weighted by molar-refractivity contribution is -0.137. The van der Waals surface area contributed by atoms with Crippen LogP contribution in [0.1, 0.15) is 88.6 Å². The Labute approximate surface area is 432 Å². The van der Waals surface area contributed by atoms with Crippen LogP contribution in [0.3, 0.4) is 0 Å². The molecule has 3 amide bonds. The topological polar surface area (TPSA) is 266 Å². The molecule has 75 heavy (non-hydrogen) atoms. The maximum absolute atomic E-state index is 14.6. The number of aromatic nitrogens is 1. The molecule has 0 unspecified atom stereocenters. The van der Waals surface area contributed by atoms with E-state index in [0.717, 1.165) is 0 Å². The van der Waals surface area contributed by atoms with Crippen LogP contribution in [0.5, 0.6) is 40.2 Å². The maximum Gasteiger partial charge on any atom is 0.408 e. The molecule has 0 bridgehead atoms. The fourth-order valence-corrected chi connectivity index (χ4v) is 8.00. The number of aryl methyl sites for hydroxylation is 1. The van der Waals surface area contributed by atoms with Crippen LogP contribution in [0.2, 0.25) is 0 Å². The lowest BCUT2D eigenvalue weighted by atomic mass is 9.91. The van der Waals surface area contributed by atoms with Crippen LogP contribution in [0.25, 0.3) is 44.3 Å². The number of methoxy groups -OCH3 is 4. The number of nitrogens with zero attached hydrogens (tertiary/aromatic N) is 1. The molecule has 3 aromatic carbocycles. The van der Waals surface area contributed by atoms with E-state index in [1.54, 1.807) is 85.1 Å². The number of esters is 3. The second-order valence-electron chi connectivity index (χ2n) is 20.4. The molecule has 1 aliphatic heterocycles. The molecule has 1 aliphatic rings. The van der Waals surface area contributed by atoms with E-state index in [1.165, 1.54) is 67.4 Å². The van der Waals surface area contributed by atoms with Crippen molar-refractivity contribution < 1.29 is 80.6 Å². The zero-order valence-corrected chi connectivity index (χ0v) is 44.9. The molecular formula is C53H64N4O18. The van der Waals surface area contributed by atoms with Crippen LogP contribution < -0.4 is 54.7 Å². The van der Waals surface area contributed by atoms with Gasteiger partial charge in [-0.15, -0.1) is 0 Å². The summed E-state index contributed by atoms with van der Waals surface area (Å²) in [6.45, 7) is 19.5.